The van der Waals surface area contributed by atoms with Crippen LogP contribution >= 0.6 is 0 Å². The Morgan fingerprint density at radius 2 is 1.55 bits per heavy atom. The monoisotopic (exact) mass is 337 g/mol. The first kappa shape index (κ1) is 19.6. The van der Waals surface area contributed by atoms with Crippen molar-refractivity contribution in [2.24, 2.45) is 0 Å². The molecule has 0 aliphatic carbocycles. The van der Waals surface area contributed by atoms with Crippen LogP contribution in [-0.4, -0.2) is 27.4 Å². The molecule has 1 rings (SSSR count). The second-order valence-electron chi connectivity index (χ2n) is 8.39. The third-order valence-electron chi connectivity index (χ3n) is 5.29. The highest BCUT2D eigenvalue weighted by molar-refractivity contribution is 6.84. The van der Waals surface area contributed by atoms with Gasteiger partial charge in [-0.15, -0.1) is 0 Å². The molecule has 125 valence electrons. The Balaban J connectivity index is 3.26. The molecule has 0 fully saturated rings. The van der Waals surface area contributed by atoms with E-state index in [1.54, 1.807) is 0 Å². The predicted molar refractivity (Wildman–Crippen MR) is 103 cm³/mol. The molecule has 1 radical (unpaired) electrons. The molecular formula is C18H35NOSi2+. The lowest BCUT2D eigenvalue weighted by atomic mass is 10.2. The maximum atomic E-state index is 6.88. The van der Waals surface area contributed by atoms with E-state index >= 15 is 0 Å². The van der Waals surface area contributed by atoms with Gasteiger partial charge in [-0.1, -0.05) is 58.0 Å². The topological polar surface area (TPSA) is 9.23 Å². The molecule has 2 nitrogen and oxygen atoms in total. The van der Waals surface area contributed by atoms with Gasteiger partial charge in [0.15, 0.2) is 0 Å². The van der Waals surface area contributed by atoms with Gasteiger partial charge >= 0.3 is 8.24 Å². The number of benzene rings is 1. The largest absolute Gasteiger partial charge is 0.342 e. The Kier molecular flexibility index (Phi) is 5.88. The molecule has 0 spiro atoms. The molecule has 0 N–H and O–H groups in total. The second kappa shape index (κ2) is 6.59. The summed E-state index contributed by atoms with van der Waals surface area (Å²) in [5.41, 5.74) is 0. The molecule has 0 saturated carbocycles. The Bertz CT molecular complexity index is 480. The first-order valence-electron chi connectivity index (χ1n) is 8.36. The van der Waals surface area contributed by atoms with Crippen molar-refractivity contribution in [3.05, 3.63) is 37.4 Å². The molecule has 0 heterocycles. The Hall–Kier alpha value is -0.426. The van der Waals surface area contributed by atoms with Crippen LogP contribution in [-0.2, 0) is 4.53 Å². The zero-order chi connectivity index (χ0) is 17.2. The summed E-state index contributed by atoms with van der Waals surface area (Å²) in [6.07, 6.45) is 1.08. The van der Waals surface area contributed by atoms with Gasteiger partial charge in [0.2, 0.25) is 0 Å². The van der Waals surface area contributed by atoms with Crippen LogP contribution in [0.15, 0.2) is 30.3 Å². The van der Waals surface area contributed by atoms with E-state index in [4.69, 9.17) is 4.53 Å². The van der Waals surface area contributed by atoms with Crippen molar-refractivity contribution in [3.63, 3.8) is 0 Å². The minimum absolute atomic E-state index is 0.198. The fourth-order valence-corrected chi connectivity index (χ4v) is 7.55. The average Bonchev–Trinajstić information content (AvgIpc) is 2.37. The molecule has 0 aliphatic rings. The van der Waals surface area contributed by atoms with E-state index < -0.39 is 16.6 Å². The molecule has 0 aromatic heterocycles. The van der Waals surface area contributed by atoms with Crippen LogP contribution in [0.25, 0.3) is 0 Å². The molecule has 0 bridgehead atoms. The van der Waals surface area contributed by atoms with E-state index in [0.717, 1.165) is 13.0 Å². The zero-order valence-electron chi connectivity index (χ0n) is 15.9. The number of quaternary nitrogens is 1. The maximum Gasteiger partial charge on any atom is 0.342 e. The van der Waals surface area contributed by atoms with Crippen molar-refractivity contribution in [2.45, 2.75) is 65.3 Å². The normalized spacial score (nSPS) is 16.4. The third-order valence-corrected chi connectivity index (χ3v) is 14.0. The summed E-state index contributed by atoms with van der Waals surface area (Å²) in [6, 6.07) is 10.8. The Morgan fingerprint density at radius 3 is 1.95 bits per heavy atom. The smallest absolute Gasteiger partial charge is 0.275 e. The minimum Gasteiger partial charge on any atom is -0.275 e. The molecular weight excluding hydrogens is 302 g/mol. The van der Waals surface area contributed by atoms with Gasteiger partial charge in [-0.05, 0) is 37.6 Å². The lowest BCUT2D eigenvalue weighted by Crippen LogP contribution is -2.71. The first-order chi connectivity index (χ1) is 9.87. The first-order valence-corrected chi connectivity index (χ1v) is 14.2. The molecule has 4 heteroatoms. The van der Waals surface area contributed by atoms with Gasteiger partial charge in [-0.25, -0.2) is 4.31 Å². The lowest BCUT2D eigenvalue weighted by molar-refractivity contribution is -0.968. The third kappa shape index (κ3) is 3.91. The van der Waals surface area contributed by atoms with Crippen LogP contribution in [0.5, 0.6) is 0 Å². The number of rotatable bonds is 6. The lowest BCUT2D eigenvalue weighted by Gasteiger charge is -2.50. The highest BCUT2D eigenvalue weighted by atomic mass is 28.4. The van der Waals surface area contributed by atoms with Crippen molar-refractivity contribution >= 4 is 21.7 Å². The number of hydrogen-bond acceptors (Lipinski definition) is 1. The summed E-state index contributed by atoms with van der Waals surface area (Å²) >= 11 is 0. The predicted octanol–water partition coefficient (Wildman–Crippen LogP) is 5.05. The molecule has 22 heavy (non-hydrogen) atoms. The van der Waals surface area contributed by atoms with E-state index in [9.17, 15) is 0 Å². The fraction of sp³-hybridized carbons (Fsp3) is 0.611. The molecule has 1 unspecified atom stereocenters. The summed E-state index contributed by atoms with van der Waals surface area (Å²) in [4.78, 5) is 0. The molecule has 0 aliphatic heterocycles. The SMILES string of the molecule is [CH2][N+](CCC)(O[Si](C)(C)C(C)(C)C)[Si](C)(C)c1ccccc1. The van der Waals surface area contributed by atoms with Gasteiger partial charge in [0.25, 0.3) is 8.32 Å². The van der Waals surface area contributed by atoms with E-state index in [0.29, 0.717) is 4.31 Å². The van der Waals surface area contributed by atoms with Gasteiger partial charge in [-0.3, -0.25) is 4.53 Å². The van der Waals surface area contributed by atoms with E-state index in [1.165, 1.54) is 5.19 Å². The van der Waals surface area contributed by atoms with Gasteiger partial charge in [0.1, 0.15) is 7.05 Å². The van der Waals surface area contributed by atoms with Crippen LogP contribution in [0.4, 0.5) is 0 Å². The van der Waals surface area contributed by atoms with Crippen LogP contribution in [0.2, 0.25) is 31.2 Å². The van der Waals surface area contributed by atoms with Crippen LogP contribution in [0, 0.1) is 7.05 Å². The van der Waals surface area contributed by atoms with Crippen molar-refractivity contribution in [1.29, 1.82) is 0 Å². The van der Waals surface area contributed by atoms with E-state index in [-0.39, 0.29) is 5.04 Å². The van der Waals surface area contributed by atoms with Gasteiger partial charge < -0.3 is 0 Å². The molecule has 0 saturated heterocycles. The quantitative estimate of drug-likeness (QED) is 0.521. The summed E-state index contributed by atoms with van der Waals surface area (Å²) in [7, 11) is 0.838. The van der Waals surface area contributed by atoms with Gasteiger partial charge in [0.05, 0.1) is 6.54 Å². The van der Waals surface area contributed by atoms with E-state index in [1.807, 2.05) is 0 Å². The summed E-state index contributed by atoms with van der Waals surface area (Å²) in [5, 5.41) is 1.61. The fourth-order valence-electron chi connectivity index (χ4n) is 2.46. The molecule has 1 aromatic carbocycles. The number of hydrogen-bond donors (Lipinski definition) is 0. The highest BCUT2D eigenvalue weighted by Gasteiger charge is 2.53. The van der Waals surface area contributed by atoms with Crippen LogP contribution in [0.3, 0.4) is 0 Å². The van der Waals surface area contributed by atoms with Crippen molar-refractivity contribution in [3.8, 4) is 0 Å². The number of nitrogens with zero attached hydrogens (tertiary/aromatic N) is 1. The average molecular weight is 338 g/mol. The van der Waals surface area contributed by atoms with Crippen molar-refractivity contribution in [2.75, 3.05) is 6.54 Å². The minimum atomic E-state index is -1.90. The standard InChI is InChI=1S/C18H35NOSi2/c1-10-16-19(5,20-22(8,9)18(2,3)4)21(6,7)17-14-12-11-13-15-17/h11-15H,5,10,16H2,1-4,6-9H3/q+1. The molecule has 0 amide bonds. The number of hydroxylamine groups is 2. The highest BCUT2D eigenvalue weighted by Crippen LogP contribution is 2.40. The maximum absolute atomic E-state index is 6.88. The van der Waals surface area contributed by atoms with Gasteiger partial charge in [0, 0.05) is 5.19 Å². The van der Waals surface area contributed by atoms with E-state index in [2.05, 4.69) is 91.3 Å². The summed E-state index contributed by atoms with van der Waals surface area (Å²) in [5.74, 6) is 0. The molecule has 1 aromatic rings. The van der Waals surface area contributed by atoms with Crippen LogP contribution in [0.1, 0.15) is 34.1 Å². The second-order valence-corrected chi connectivity index (χ2v) is 17.6. The summed E-state index contributed by atoms with van der Waals surface area (Å²) in [6.45, 7) is 19.5. The summed E-state index contributed by atoms with van der Waals surface area (Å²) < 4.78 is 7.41. The zero-order valence-corrected chi connectivity index (χ0v) is 17.9. The van der Waals surface area contributed by atoms with Crippen LogP contribution < -0.4 is 5.19 Å². The van der Waals surface area contributed by atoms with Gasteiger partial charge in [-0.2, -0.15) is 0 Å². The Labute approximate surface area is 140 Å². The Morgan fingerprint density at radius 1 is 1.05 bits per heavy atom. The molecule has 1 atom stereocenters. The van der Waals surface area contributed by atoms with Crippen molar-refractivity contribution in [1.82, 2.24) is 0 Å². The van der Waals surface area contributed by atoms with Crippen molar-refractivity contribution < 1.29 is 8.84 Å².